The zero-order valence-corrected chi connectivity index (χ0v) is 10.6. The zero-order valence-electron chi connectivity index (χ0n) is 9.82. The standard InChI is InChI=1S/C10H17N3O2S/c1-7-10(4-11-3)8(2)13(12-7)9-5-16(14,15)6-9/h9,11H,4-6H2,1-3H3. The van der Waals surface area contributed by atoms with Crippen LogP contribution in [0.15, 0.2) is 0 Å². The van der Waals surface area contributed by atoms with Gasteiger partial charge in [0, 0.05) is 17.8 Å². The summed E-state index contributed by atoms with van der Waals surface area (Å²) in [5.74, 6) is 0.460. The molecule has 5 nitrogen and oxygen atoms in total. The Morgan fingerprint density at radius 2 is 2.06 bits per heavy atom. The zero-order chi connectivity index (χ0) is 11.9. The van der Waals surface area contributed by atoms with E-state index in [0.717, 1.165) is 17.9 Å². The van der Waals surface area contributed by atoms with Crippen molar-refractivity contribution in [3.05, 3.63) is 17.0 Å². The Morgan fingerprint density at radius 3 is 2.56 bits per heavy atom. The van der Waals surface area contributed by atoms with Gasteiger partial charge in [0.2, 0.25) is 0 Å². The predicted molar refractivity (Wildman–Crippen MR) is 62.2 cm³/mol. The first kappa shape index (κ1) is 11.6. The third-order valence-electron chi connectivity index (χ3n) is 3.07. The number of aryl methyl sites for hydroxylation is 1. The molecule has 16 heavy (non-hydrogen) atoms. The van der Waals surface area contributed by atoms with Crippen LogP contribution in [0.2, 0.25) is 0 Å². The van der Waals surface area contributed by atoms with Crippen LogP contribution in [0.1, 0.15) is 23.0 Å². The molecule has 0 unspecified atom stereocenters. The lowest BCUT2D eigenvalue weighted by molar-refractivity contribution is 0.463. The van der Waals surface area contributed by atoms with Crippen LogP contribution in [0.25, 0.3) is 0 Å². The number of aromatic nitrogens is 2. The first-order chi connectivity index (χ1) is 7.44. The van der Waals surface area contributed by atoms with E-state index in [1.807, 2.05) is 25.6 Å². The van der Waals surface area contributed by atoms with Crippen LogP contribution in [0.4, 0.5) is 0 Å². The third-order valence-corrected chi connectivity index (χ3v) is 4.85. The molecule has 1 aliphatic heterocycles. The van der Waals surface area contributed by atoms with Crippen molar-refractivity contribution in [2.75, 3.05) is 18.6 Å². The molecule has 0 atom stereocenters. The van der Waals surface area contributed by atoms with Gasteiger partial charge in [0.05, 0.1) is 23.2 Å². The molecule has 1 N–H and O–H groups in total. The van der Waals surface area contributed by atoms with Crippen molar-refractivity contribution in [2.24, 2.45) is 0 Å². The summed E-state index contributed by atoms with van der Waals surface area (Å²) in [7, 11) is -0.895. The summed E-state index contributed by atoms with van der Waals surface area (Å²) in [6.45, 7) is 4.73. The summed E-state index contributed by atoms with van der Waals surface area (Å²) in [4.78, 5) is 0. The Bertz CT molecular complexity index is 492. The largest absolute Gasteiger partial charge is 0.316 e. The molecular weight excluding hydrogens is 226 g/mol. The van der Waals surface area contributed by atoms with E-state index >= 15 is 0 Å². The fourth-order valence-corrected chi connectivity index (χ4v) is 3.52. The second-order valence-corrected chi connectivity index (χ2v) is 6.51. The summed E-state index contributed by atoms with van der Waals surface area (Å²) in [6.07, 6.45) is 0. The maximum atomic E-state index is 11.1. The smallest absolute Gasteiger partial charge is 0.154 e. The predicted octanol–water partition coefficient (Wildman–Crippen LogP) is 0.189. The van der Waals surface area contributed by atoms with Crippen molar-refractivity contribution in [1.29, 1.82) is 0 Å². The molecule has 0 aromatic carbocycles. The summed E-state index contributed by atoms with van der Waals surface area (Å²) in [5, 5.41) is 7.53. The van der Waals surface area contributed by atoms with E-state index in [-0.39, 0.29) is 17.5 Å². The Kier molecular flexibility index (Phi) is 2.79. The first-order valence-electron chi connectivity index (χ1n) is 5.34. The SMILES string of the molecule is CNCc1c(C)nn(C2CS(=O)(=O)C2)c1C. The normalized spacial score (nSPS) is 19.7. The van der Waals surface area contributed by atoms with E-state index in [2.05, 4.69) is 10.4 Å². The van der Waals surface area contributed by atoms with Gasteiger partial charge in [-0.15, -0.1) is 0 Å². The van der Waals surface area contributed by atoms with Crippen LogP contribution >= 0.6 is 0 Å². The summed E-state index contributed by atoms with van der Waals surface area (Å²) >= 11 is 0. The molecule has 6 heteroatoms. The highest BCUT2D eigenvalue weighted by molar-refractivity contribution is 7.92. The molecule has 0 radical (unpaired) electrons. The topological polar surface area (TPSA) is 64.0 Å². The van der Waals surface area contributed by atoms with Crippen molar-refractivity contribution in [3.8, 4) is 0 Å². The molecular formula is C10H17N3O2S. The molecule has 90 valence electrons. The number of nitrogens with zero attached hydrogens (tertiary/aromatic N) is 2. The van der Waals surface area contributed by atoms with Crippen LogP contribution in [0.3, 0.4) is 0 Å². The molecule has 0 spiro atoms. The van der Waals surface area contributed by atoms with Crippen LogP contribution < -0.4 is 5.32 Å². The highest BCUT2D eigenvalue weighted by Gasteiger charge is 2.36. The van der Waals surface area contributed by atoms with Crippen LogP contribution in [0.5, 0.6) is 0 Å². The monoisotopic (exact) mass is 243 g/mol. The summed E-state index contributed by atoms with van der Waals surface area (Å²) < 4.78 is 24.2. The fourth-order valence-electron chi connectivity index (χ4n) is 2.16. The quantitative estimate of drug-likeness (QED) is 0.823. The van der Waals surface area contributed by atoms with Gasteiger partial charge in [-0.2, -0.15) is 5.10 Å². The van der Waals surface area contributed by atoms with Gasteiger partial charge in [-0.05, 0) is 20.9 Å². The van der Waals surface area contributed by atoms with Crippen molar-refractivity contribution in [3.63, 3.8) is 0 Å². The minimum absolute atomic E-state index is 0.0364. The Morgan fingerprint density at radius 1 is 1.44 bits per heavy atom. The highest BCUT2D eigenvalue weighted by Crippen LogP contribution is 2.26. The minimum atomic E-state index is -2.79. The van der Waals surface area contributed by atoms with Gasteiger partial charge >= 0.3 is 0 Å². The molecule has 0 aliphatic carbocycles. The number of hydrogen-bond donors (Lipinski definition) is 1. The van der Waals surface area contributed by atoms with Crippen molar-refractivity contribution in [1.82, 2.24) is 15.1 Å². The number of nitrogens with one attached hydrogen (secondary N) is 1. The minimum Gasteiger partial charge on any atom is -0.316 e. The van der Waals surface area contributed by atoms with E-state index in [4.69, 9.17) is 0 Å². The van der Waals surface area contributed by atoms with Crippen LogP contribution in [-0.4, -0.2) is 36.8 Å². The first-order valence-corrected chi connectivity index (χ1v) is 7.16. The van der Waals surface area contributed by atoms with E-state index in [9.17, 15) is 8.42 Å². The second-order valence-electron chi connectivity index (χ2n) is 4.36. The van der Waals surface area contributed by atoms with Gasteiger partial charge in [0.25, 0.3) is 0 Å². The van der Waals surface area contributed by atoms with Crippen molar-refractivity contribution >= 4 is 9.84 Å². The molecule has 1 aromatic heterocycles. The average molecular weight is 243 g/mol. The van der Waals surface area contributed by atoms with Gasteiger partial charge in [0.15, 0.2) is 9.84 Å². The average Bonchev–Trinajstić information content (AvgIpc) is 2.42. The van der Waals surface area contributed by atoms with Crippen molar-refractivity contribution < 1.29 is 8.42 Å². The number of sulfone groups is 1. The van der Waals surface area contributed by atoms with E-state index in [0.29, 0.717) is 0 Å². The van der Waals surface area contributed by atoms with Gasteiger partial charge in [0.1, 0.15) is 0 Å². The van der Waals surface area contributed by atoms with E-state index in [1.165, 1.54) is 5.56 Å². The number of hydrogen-bond acceptors (Lipinski definition) is 4. The highest BCUT2D eigenvalue weighted by atomic mass is 32.2. The van der Waals surface area contributed by atoms with Crippen molar-refractivity contribution in [2.45, 2.75) is 26.4 Å². The van der Waals surface area contributed by atoms with Gasteiger partial charge < -0.3 is 5.32 Å². The van der Waals surface area contributed by atoms with Gasteiger partial charge in [-0.1, -0.05) is 0 Å². The Labute approximate surface area is 95.8 Å². The summed E-state index contributed by atoms with van der Waals surface area (Å²) in [6, 6.07) is 0.0364. The number of rotatable bonds is 3. The van der Waals surface area contributed by atoms with Crippen LogP contribution in [-0.2, 0) is 16.4 Å². The van der Waals surface area contributed by atoms with Crippen LogP contribution in [0, 0.1) is 13.8 Å². The molecule has 1 aromatic rings. The molecule has 2 rings (SSSR count). The maximum Gasteiger partial charge on any atom is 0.154 e. The second kappa shape index (κ2) is 3.85. The fraction of sp³-hybridized carbons (Fsp3) is 0.700. The third kappa shape index (κ3) is 1.87. The molecule has 1 saturated heterocycles. The molecule has 0 bridgehead atoms. The molecule has 0 saturated carbocycles. The Hall–Kier alpha value is -0.880. The molecule has 1 aliphatic rings. The maximum absolute atomic E-state index is 11.1. The van der Waals surface area contributed by atoms with E-state index < -0.39 is 9.84 Å². The lowest BCUT2D eigenvalue weighted by atomic mass is 10.2. The summed E-state index contributed by atoms with van der Waals surface area (Å²) in [5.41, 5.74) is 3.23. The van der Waals surface area contributed by atoms with E-state index in [1.54, 1.807) is 0 Å². The lowest BCUT2D eigenvalue weighted by Crippen LogP contribution is -2.39. The molecule has 2 heterocycles. The molecule has 0 amide bonds. The Balaban J connectivity index is 2.27. The lowest BCUT2D eigenvalue weighted by Gasteiger charge is -2.27. The molecule has 1 fully saturated rings. The van der Waals surface area contributed by atoms with Gasteiger partial charge in [-0.25, -0.2) is 8.42 Å². The van der Waals surface area contributed by atoms with Gasteiger partial charge in [-0.3, -0.25) is 4.68 Å².